The molecule has 1 fully saturated rings. The van der Waals surface area contributed by atoms with Crippen molar-refractivity contribution in [3.8, 4) is 0 Å². The monoisotopic (exact) mass is 240 g/mol. The second-order valence-corrected chi connectivity index (χ2v) is 5.70. The molecule has 3 heteroatoms. The van der Waals surface area contributed by atoms with Gasteiger partial charge >= 0.3 is 0 Å². The van der Waals surface area contributed by atoms with Gasteiger partial charge in [0, 0.05) is 6.04 Å². The molecule has 1 amide bonds. The molecule has 0 aromatic rings. The molecule has 100 valence electrons. The normalized spacial score (nSPS) is 26.9. The number of hydrogen-bond acceptors (Lipinski definition) is 2. The van der Waals surface area contributed by atoms with Gasteiger partial charge in [-0.15, -0.1) is 0 Å². The second-order valence-electron chi connectivity index (χ2n) is 5.70. The molecule has 1 aliphatic rings. The van der Waals surface area contributed by atoms with Gasteiger partial charge in [0.15, 0.2) is 0 Å². The van der Waals surface area contributed by atoms with Crippen LogP contribution in [0.3, 0.4) is 0 Å². The fraction of sp³-hybridized carbons (Fsp3) is 0.929. The van der Waals surface area contributed by atoms with Gasteiger partial charge in [-0.05, 0) is 31.1 Å². The molecule has 0 saturated heterocycles. The van der Waals surface area contributed by atoms with Crippen LogP contribution in [0.15, 0.2) is 0 Å². The van der Waals surface area contributed by atoms with E-state index >= 15 is 0 Å². The molecule has 0 heterocycles. The van der Waals surface area contributed by atoms with E-state index in [2.05, 4.69) is 26.1 Å². The van der Waals surface area contributed by atoms with E-state index in [4.69, 9.17) is 5.73 Å². The topological polar surface area (TPSA) is 55.1 Å². The summed E-state index contributed by atoms with van der Waals surface area (Å²) in [6.07, 6.45) is 6.64. The minimum atomic E-state index is -0.324. The van der Waals surface area contributed by atoms with Crippen molar-refractivity contribution in [2.75, 3.05) is 0 Å². The lowest BCUT2D eigenvalue weighted by atomic mass is 9.77. The number of hydrogen-bond donors (Lipinski definition) is 2. The lowest BCUT2D eigenvalue weighted by Gasteiger charge is -2.35. The van der Waals surface area contributed by atoms with Crippen molar-refractivity contribution in [2.45, 2.75) is 71.4 Å². The van der Waals surface area contributed by atoms with Gasteiger partial charge in [0.2, 0.25) is 5.91 Å². The molecule has 3 nitrogen and oxygen atoms in total. The van der Waals surface area contributed by atoms with Crippen LogP contribution in [-0.4, -0.2) is 18.0 Å². The van der Waals surface area contributed by atoms with Gasteiger partial charge in [-0.3, -0.25) is 4.79 Å². The van der Waals surface area contributed by atoms with E-state index < -0.39 is 0 Å². The molecule has 3 atom stereocenters. The highest BCUT2D eigenvalue weighted by molar-refractivity contribution is 5.81. The number of carbonyl (C=O) groups excluding carboxylic acids is 1. The maximum atomic E-state index is 11.9. The number of nitrogens with two attached hydrogens (primary N) is 1. The van der Waals surface area contributed by atoms with Crippen LogP contribution in [0.2, 0.25) is 0 Å². The Morgan fingerprint density at radius 1 is 1.35 bits per heavy atom. The molecular weight excluding hydrogens is 212 g/mol. The van der Waals surface area contributed by atoms with E-state index in [0.717, 1.165) is 19.3 Å². The van der Waals surface area contributed by atoms with Crippen LogP contribution >= 0.6 is 0 Å². The highest BCUT2D eigenvalue weighted by Gasteiger charge is 2.29. The maximum absolute atomic E-state index is 11.9. The van der Waals surface area contributed by atoms with E-state index in [0.29, 0.717) is 17.9 Å². The Bertz CT molecular complexity index is 240. The Kier molecular flexibility index (Phi) is 5.96. The van der Waals surface area contributed by atoms with Gasteiger partial charge < -0.3 is 11.1 Å². The lowest BCUT2D eigenvalue weighted by molar-refractivity contribution is -0.124. The highest BCUT2D eigenvalue weighted by Crippen LogP contribution is 2.30. The first kappa shape index (κ1) is 14.5. The first-order valence-corrected chi connectivity index (χ1v) is 7.12. The second kappa shape index (κ2) is 7.00. The molecule has 0 radical (unpaired) electrons. The van der Waals surface area contributed by atoms with Gasteiger partial charge in [-0.25, -0.2) is 0 Å². The molecule has 0 bridgehead atoms. The summed E-state index contributed by atoms with van der Waals surface area (Å²) < 4.78 is 0. The highest BCUT2D eigenvalue weighted by atomic mass is 16.2. The molecule has 0 spiro atoms. The van der Waals surface area contributed by atoms with Crippen molar-refractivity contribution in [1.82, 2.24) is 5.32 Å². The fourth-order valence-electron chi connectivity index (χ4n) is 2.87. The Hall–Kier alpha value is -0.570. The standard InChI is InChI=1S/C14H28N2O/c1-4-7-12(15)14(17)16-13-9-6-5-8-11(13)10(2)3/h10-13H,4-9,15H2,1-3H3,(H,16,17)/t11?,12-,13?/m1/s1. The molecule has 1 saturated carbocycles. The molecule has 1 rings (SSSR count). The summed E-state index contributed by atoms with van der Waals surface area (Å²) in [6, 6.07) is 0.0221. The fourth-order valence-corrected chi connectivity index (χ4v) is 2.87. The molecule has 0 aliphatic heterocycles. The summed E-state index contributed by atoms with van der Waals surface area (Å²) in [5.74, 6) is 1.31. The molecule has 3 N–H and O–H groups in total. The SMILES string of the molecule is CCC[C@@H](N)C(=O)NC1CCCCC1C(C)C. The van der Waals surface area contributed by atoms with Crippen LogP contribution in [0.1, 0.15) is 59.3 Å². The first-order chi connectivity index (χ1) is 8.06. The third-order valence-electron chi connectivity index (χ3n) is 3.94. The van der Waals surface area contributed by atoms with Crippen molar-refractivity contribution in [1.29, 1.82) is 0 Å². The van der Waals surface area contributed by atoms with Gasteiger partial charge in [0.1, 0.15) is 0 Å². The minimum Gasteiger partial charge on any atom is -0.352 e. The number of rotatable bonds is 5. The van der Waals surface area contributed by atoms with Crippen LogP contribution in [0.4, 0.5) is 0 Å². The average molecular weight is 240 g/mol. The number of nitrogens with one attached hydrogen (secondary N) is 1. The van der Waals surface area contributed by atoms with E-state index in [1.165, 1.54) is 19.3 Å². The third kappa shape index (κ3) is 4.30. The molecule has 2 unspecified atom stereocenters. The summed E-state index contributed by atoms with van der Waals surface area (Å²) in [5, 5.41) is 3.17. The van der Waals surface area contributed by atoms with Crippen LogP contribution in [0.5, 0.6) is 0 Å². The lowest BCUT2D eigenvalue weighted by Crippen LogP contribution is -2.49. The summed E-state index contributed by atoms with van der Waals surface area (Å²) >= 11 is 0. The van der Waals surface area contributed by atoms with Crippen LogP contribution in [0.25, 0.3) is 0 Å². The van der Waals surface area contributed by atoms with E-state index in [1.807, 2.05) is 0 Å². The molecule has 17 heavy (non-hydrogen) atoms. The zero-order chi connectivity index (χ0) is 12.8. The van der Waals surface area contributed by atoms with Crippen molar-refractivity contribution < 1.29 is 4.79 Å². The van der Waals surface area contributed by atoms with E-state index in [1.54, 1.807) is 0 Å². The summed E-state index contributed by atoms with van der Waals surface area (Å²) in [7, 11) is 0. The van der Waals surface area contributed by atoms with Crippen molar-refractivity contribution in [3.05, 3.63) is 0 Å². The maximum Gasteiger partial charge on any atom is 0.237 e. The minimum absolute atomic E-state index is 0.0457. The summed E-state index contributed by atoms with van der Waals surface area (Å²) in [6.45, 7) is 6.56. The van der Waals surface area contributed by atoms with Gasteiger partial charge in [-0.1, -0.05) is 40.0 Å². The van der Waals surface area contributed by atoms with E-state index in [-0.39, 0.29) is 11.9 Å². The Morgan fingerprint density at radius 3 is 2.59 bits per heavy atom. The predicted molar refractivity (Wildman–Crippen MR) is 71.6 cm³/mol. The Labute approximate surface area is 106 Å². The van der Waals surface area contributed by atoms with Crippen LogP contribution < -0.4 is 11.1 Å². The van der Waals surface area contributed by atoms with Gasteiger partial charge in [-0.2, -0.15) is 0 Å². The van der Waals surface area contributed by atoms with Crippen molar-refractivity contribution in [3.63, 3.8) is 0 Å². The van der Waals surface area contributed by atoms with Gasteiger partial charge in [0.05, 0.1) is 6.04 Å². The predicted octanol–water partition coefficient (Wildman–Crippen LogP) is 2.44. The van der Waals surface area contributed by atoms with Crippen LogP contribution in [0, 0.1) is 11.8 Å². The largest absolute Gasteiger partial charge is 0.352 e. The zero-order valence-electron chi connectivity index (χ0n) is 11.5. The van der Waals surface area contributed by atoms with Crippen molar-refractivity contribution >= 4 is 5.91 Å². The average Bonchev–Trinajstić information content (AvgIpc) is 2.29. The van der Waals surface area contributed by atoms with Gasteiger partial charge in [0.25, 0.3) is 0 Å². The third-order valence-corrected chi connectivity index (χ3v) is 3.94. The quantitative estimate of drug-likeness (QED) is 0.775. The smallest absolute Gasteiger partial charge is 0.237 e. The molecular formula is C14H28N2O. The number of carbonyl (C=O) groups is 1. The molecule has 1 aliphatic carbocycles. The van der Waals surface area contributed by atoms with E-state index in [9.17, 15) is 4.79 Å². The Morgan fingerprint density at radius 2 is 2.00 bits per heavy atom. The zero-order valence-corrected chi connectivity index (χ0v) is 11.5. The summed E-state index contributed by atoms with van der Waals surface area (Å²) in [4.78, 5) is 11.9. The molecule has 0 aromatic heterocycles. The number of amides is 1. The Balaban J connectivity index is 2.49. The first-order valence-electron chi connectivity index (χ1n) is 7.12. The van der Waals surface area contributed by atoms with Crippen LogP contribution in [-0.2, 0) is 4.79 Å². The molecule has 0 aromatic carbocycles. The van der Waals surface area contributed by atoms with Crippen molar-refractivity contribution in [2.24, 2.45) is 17.6 Å². The summed E-state index contributed by atoms with van der Waals surface area (Å²) in [5.41, 5.74) is 5.85.